The van der Waals surface area contributed by atoms with Gasteiger partial charge in [-0.2, -0.15) is 0 Å². The van der Waals surface area contributed by atoms with E-state index in [1.165, 1.54) is 0 Å². The zero-order chi connectivity index (χ0) is 12.4. The van der Waals surface area contributed by atoms with Crippen molar-refractivity contribution < 1.29 is 0 Å². The average Bonchev–Trinajstić information content (AvgIpc) is 2.86. The first-order valence-corrected chi connectivity index (χ1v) is 5.87. The number of anilines is 1. The number of aromatic nitrogens is 4. The number of nitrogen functional groups attached to an aromatic ring is 1. The highest BCUT2D eigenvalue weighted by atomic mass is 15.3. The van der Waals surface area contributed by atoms with Crippen LogP contribution in [0.2, 0.25) is 0 Å². The smallest absolute Gasteiger partial charge is 0.147 e. The first-order chi connectivity index (χ1) is 8.85. The van der Waals surface area contributed by atoms with Crippen LogP contribution in [-0.2, 0) is 19.6 Å². The molecule has 2 aromatic heterocycles. The van der Waals surface area contributed by atoms with E-state index in [9.17, 15) is 0 Å². The van der Waals surface area contributed by atoms with E-state index in [0.717, 1.165) is 37.7 Å². The Morgan fingerprint density at radius 1 is 1.33 bits per heavy atom. The van der Waals surface area contributed by atoms with Gasteiger partial charge < -0.3 is 9.99 Å². The van der Waals surface area contributed by atoms with Gasteiger partial charge in [-0.25, -0.2) is 10.8 Å². The van der Waals surface area contributed by atoms with Gasteiger partial charge in [0.2, 0.25) is 0 Å². The molecule has 1 aliphatic rings. The molecule has 3 rings (SSSR count). The van der Waals surface area contributed by atoms with E-state index in [-0.39, 0.29) is 0 Å². The fraction of sp³-hybridized carbons (Fsp3) is 0.364. The van der Waals surface area contributed by atoms with E-state index in [4.69, 9.17) is 5.84 Å². The number of fused-ring (bicyclic) bond motifs is 1. The van der Waals surface area contributed by atoms with Gasteiger partial charge in [-0.3, -0.25) is 4.90 Å². The fourth-order valence-corrected chi connectivity index (χ4v) is 2.13. The fourth-order valence-electron chi connectivity index (χ4n) is 2.13. The minimum atomic E-state index is 0.688. The maximum atomic E-state index is 5.35. The molecule has 0 spiro atoms. The molecule has 1 aliphatic heterocycles. The number of rotatable bonds is 3. The van der Waals surface area contributed by atoms with Gasteiger partial charge in [0.1, 0.15) is 18.0 Å². The highest BCUT2D eigenvalue weighted by molar-refractivity contribution is 5.33. The summed E-state index contributed by atoms with van der Waals surface area (Å²) in [7, 11) is 0. The van der Waals surface area contributed by atoms with Crippen molar-refractivity contribution in [3.8, 4) is 0 Å². The largest absolute Gasteiger partial charge is 0.315 e. The quantitative estimate of drug-likeness (QED) is 0.583. The Morgan fingerprint density at radius 3 is 3.17 bits per heavy atom. The second kappa shape index (κ2) is 4.71. The van der Waals surface area contributed by atoms with Crippen LogP contribution in [0.4, 0.5) is 5.82 Å². The highest BCUT2D eigenvalue weighted by Gasteiger charge is 2.17. The number of nitrogens with two attached hydrogens (primary N) is 1. The Morgan fingerprint density at radius 2 is 2.28 bits per heavy atom. The Hall–Kier alpha value is -1.99. The average molecular weight is 245 g/mol. The van der Waals surface area contributed by atoms with Crippen LogP contribution in [0, 0.1) is 0 Å². The third-order valence-electron chi connectivity index (χ3n) is 3.06. The van der Waals surface area contributed by atoms with Crippen LogP contribution in [0.5, 0.6) is 0 Å². The molecular weight excluding hydrogens is 230 g/mol. The summed E-state index contributed by atoms with van der Waals surface area (Å²) in [5, 5.41) is 8.02. The van der Waals surface area contributed by atoms with E-state index in [2.05, 4.69) is 30.1 Å². The number of nitrogens with one attached hydrogen (secondary N) is 1. The van der Waals surface area contributed by atoms with E-state index in [1.54, 1.807) is 6.33 Å². The molecule has 18 heavy (non-hydrogen) atoms. The topological polar surface area (TPSA) is 84.9 Å². The highest BCUT2D eigenvalue weighted by Crippen LogP contribution is 2.13. The van der Waals surface area contributed by atoms with Crippen molar-refractivity contribution in [2.45, 2.75) is 19.6 Å². The van der Waals surface area contributed by atoms with Crippen LogP contribution in [0.25, 0.3) is 0 Å². The monoisotopic (exact) mass is 245 g/mol. The molecule has 94 valence electrons. The van der Waals surface area contributed by atoms with Crippen LogP contribution in [0.1, 0.15) is 11.5 Å². The first kappa shape index (κ1) is 11.1. The van der Waals surface area contributed by atoms with Crippen molar-refractivity contribution in [1.29, 1.82) is 0 Å². The second-order valence-electron chi connectivity index (χ2n) is 4.31. The molecule has 0 radical (unpaired) electrons. The molecule has 7 nitrogen and oxygen atoms in total. The zero-order valence-corrected chi connectivity index (χ0v) is 9.95. The first-order valence-electron chi connectivity index (χ1n) is 5.87. The minimum Gasteiger partial charge on any atom is -0.315 e. The normalized spacial score (nSPS) is 15.4. The number of nitrogens with zero attached hydrogens (tertiary/aromatic N) is 5. The third-order valence-corrected chi connectivity index (χ3v) is 3.06. The van der Waals surface area contributed by atoms with Crippen molar-refractivity contribution in [2.75, 3.05) is 12.0 Å². The molecule has 0 fully saturated rings. The molecule has 0 saturated carbocycles. The van der Waals surface area contributed by atoms with Crippen LogP contribution >= 0.6 is 0 Å². The summed E-state index contributed by atoms with van der Waals surface area (Å²) in [6.07, 6.45) is 1.78. The summed E-state index contributed by atoms with van der Waals surface area (Å²) >= 11 is 0. The van der Waals surface area contributed by atoms with Crippen LogP contribution in [-0.4, -0.2) is 31.2 Å². The number of hydrogen-bond donors (Lipinski definition) is 2. The summed E-state index contributed by atoms with van der Waals surface area (Å²) in [5.74, 6) is 7.05. The van der Waals surface area contributed by atoms with Gasteiger partial charge in [-0.1, -0.05) is 6.07 Å². The van der Waals surface area contributed by atoms with Crippen LogP contribution in [0.3, 0.4) is 0 Å². The van der Waals surface area contributed by atoms with Crippen molar-refractivity contribution >= 4 is 5.82 Å². The molecule has 0 bridgehead atoms. The van der Waals surface area contributed by atoms with Gasteiger partial charge in [0.25, 0.3) is 0 Å². The summed E-state index contributed by atoms with van der Waals surface area (Å²) in [6.45, 7) is 3.51. The molecule has 2 aromatic rings. The molecule has 7 heteroatoms. The molecule has 0 atom stereocenters. The van der Waals surface area contributed by atoms with E-state index < -0.39 is 0 Å². The summed E-state index contributed by atoms with van der Waals surface area (Å²) in [5.41, 5.74) is 3.56. The Balaban J connectivity index is 1.70. The van der Waals surface area contributed by atoms with E-state index in [0.29, 0.717) is 5.82 Å². The Kier molecular flexibility index (Phi) is 2.91. The van der Waals surface area contributed by atoms with Crippen molar-refractivity contribution in [1.82, 2.24) is 24.6 Å². The van der Waals surface area contributed by atoms with Crippen molar-refractivity contribution in [2.24, 2.45) is 5.84 Å². The van der Waals surface area contributed by atoms with Crippen molar-refractivity contribution in [3.63, 3.8) is 0 Å². The predicted molar refractivity (Wildman–Crippen MR) is 66.2 cm³/mol. The van der Waals surface area contributed by atoms with Gasteiger partial charge in [0.05, 0.1) is 12.2 Å². The molecule has 3 heterocycles. The number of pyridine rings is 1. The number of hydrogen-bond acceptors (Lipinski definition) is 6. The molecule has 0 unspecified atom stereocenters. The van der Waals surface area contributed by atoms with Gasteiger partial charge in [0.15, 0.2) is 0 Å². The van der Waals surface area contributed by atoms with E-state index >= 15 is 0 Å². The molecule has 0 saturated heterocycles. The van der Waals surface area contributed by atoms with Crippen LogP contribution in [0.15, 0.2) is 24.5 Å². The third kappa shape index (κ3) is 2.18. The second-order valence-corrected chi connectivity index (χ2v) is 4.31. The summed E-state index contributed by atoms with van der Waals surface area (Å²) in [4.78, 5) is 6.71. The van der Waals surface area contributed by atoms with Gasteiger partial charge >= 0.3 is 0 Å². The van der Waals surface area contributed by atoms with Crippen molar-refractivity contribution in [3.05, 3.63) is 36.0 Å². The number of hydrazine groups is 1. The lowest BCUT2D eigenvalue weighted by atomic mass is 10.3. The maximum Gasteiger partial charge on any atom is 0.147 e. The molecule has 3 N–H and O–H groups in total. The van der Waals surface area contributed by atoms with Gasteiger partial charge in [-0.15, -0.1) is 10.2 Å². The Bertz CT molecular complexity index is 536. The lowest BCUT2D eigenvalue weighted by molar-refractivity contribution is 0.206. The standard InChI is InChI=1S/C11H15N7/c12-15-10-3-1-2-9(14-10)6-17-4-5-18-8-13-16-11(18)7-17/h1-3,8H,4-7,12H2,(H,14,15). The Labute approximate surface area is 105 Å². The minimum absolute atomic E-state index is 0.688. The van der Waals surface area contributed by atoms with E-state index in [1.807, 2.05) is 18.2 Å². The molecule has 0 aromatic carbocycles. The van der Waals surface area contributed by atoms with Gasteiger partial charge in [-0.05, 0) is 12.1 Å². The van der Waals surface area contributed by atoms with Gasteiger partial charge in [0, 0.05) is 19.6 Å². The zero-order valence-electron chi connectivity index (χ0n) is 9.95. The lowest BCUT2D eigenvalue weighted by Gasteiger charge is -2.26. The maximum absolute atomic E-state index is 5.35. The molecular formula is C11H15N7. The van der Waals surface area contributed by atoms with Crippen LogP contribution < -0.4 is 11.3 Å². The summed E-state index contributed by atoms with van der Waals surface area (Å²) in [6, 6.07) is 5.79. The SMILES string of the molecule is NNc1cccc(CN2CCn3cnnc3C2)n1. The molecule has 0 amide bonds. The predicted octanol–water partition coefficient (Wildman–Crippen LogP) is -0.0255. The molecule has 0 aliphatic carbocycles. The summed E-state index contributed by atoms with van der Waals surface area (Å²) < 4.78 is 2.09. The lowest BCUT2D eigenvalue weighted by Crippen LogP contribution is -2.33.